The average molecular weight is 342 g/mol. The van der Waals surface area contributed by atoms with Gasteiger partial charge in [-0.2, -0.15) is 0 Å². The Morgan fingerprint density at radius 3 is 2.40 bits per heavy atom. The molecule has 0 bridgehead atoms. The van der Waals surface area contributed by atoms with E-state index in [-0.39, 0.29) is 17.2 Å². The molecule has 25 heavy (non-hydrogen) atoms. The van der Waals surface area contributed by atoms with Gasteiger partial charge >= 0.3 is 5.97 Å². The third kappa shape index (κ3) is 3.79. The molecule has 1 fully saturated rings. The van der Waals surface area contributed by atoms with Gasteiger partial charge in [0.05, 0.1) is 5.56 Å². The Bertz CT molecular complexity index is 773. The zero-order valence-corrected chi connectivity index (χ0v) is 13.7. The SMILES string of the molecule is Nc1cc(F)ccc1C(=O)OC(C(=O)N1CCCC1)c1ccccc1. The maximum atomic E-state index is 13.2. The van der Waals surface area contributed by atoms with E-state index in [1.54, 1.807) is 29.2 Å². The van der Waals surface area contributed by atoms with Crippen molar-refractivity contribution in [3.8, 4) is 0 Å². The standard InChI is InChI=1S/C19H19FN2O3/c20-14-8-9-15(16(21)12-14)19(24)25-17(13-6-2-1-3-7-13)18(23)22-10-4-5-11-22/h1-3,6-9,12,17H,4-5,10-11,21H2. The molecule has 2 aromatic carbocycles. The van der Waals surface area contributed by atoms with Crippen LogP contribution in [0.3, 0.4) is 0 Å². The lowest BCUT2D eigenvalue weighted by Crippen LogP contribution is -2.35. The first-order valence-corrected chi connectivity index (χ1v) is 8.16. The highest BCUT2D eigenvalue weighted by Gasteiger charge is 2.31. The Hall–Kier alpha value is -2.89. The monoisotopic (exact) mass is 342 g/mol. The smallest absolute Gasteiger partial charge is 0.341 e. The molecule has 1 atom stereocenters. The molecular weight excluding hydrogens is 323 g/mol. The Morgan fingerprint density at radius 2 is 1.76 bits per heavy atom. The third-order valence-electron chi connectivity index (χ3n) is 4.20. The maximum absolute atomic E-state index is 13.2. The molecular formula is C19H19FN2O3. The van der Waals surface area contributed by atoms with E-state index in [1.807, 2.05) is 6.07 Å². The Kier molecular flexibility index (Phi) is 4.97. The molecule has 0 saturated carbocycles. The molecule has 0 aliphatic carbocycles. The lowest BCUT2D eigenvalue weighted by Gasteiger charge is -2.23. The van der Waals surface area contributed by atoms with Gasteiger partial charge in [-0.1, -0.05) is 30.3 Å². The largest absolute Gasteiger partial charge is 0.444 e. The topological polar surface area (TPSA) is 72.6 Å². The summed E-state index contributed by atoms with van der Waals surface area (Å²) in [5.41, 5.74) is 6.31. The molecule has 1 unspecified atom stereocenters. The van der Waals surface area contributed by atoms with Crippen molar-refractivity contribution in [2.45, 2.75) is 18.9 Å². The summed E-state index contributed by atoms with van der Waals surface area (Å²) < 4.78 is 18.7. The van der Waals surface area contributed by atoms with E-state index in [0.29, 0.717) is 18.7 Å². The van der Waals surface area contributed by atoms with Crippen molar-refractivity contribution in [2.24, 2.45) is 0 Å². The fourth-order valence-electron chi connectivity index (χ4n) is 2.88. The summed E-state index contributed by atoms with van der Waals surface area (Å²) in [5, 5.41) is 0. The summed E-state index contributed by atoms with van der Waals surface area (Å²) in [7, 11) is 0. The molecule has 1 saturated heterocycles. The summed E-state index contributed by atoms with van der Waals surface area (Å²) in [4.78, 5) is 27.0. The lowest BCUT2D eigenvalue weighted by molar-refractivity contribution is -0.140. The van der Waals surface area contributed by atoms with E-state index >= 15 is 0 Å². The molecule has 5 nitrogen and oxygen atoms in total. The quantitative estimate of drug-likeness (QED) is 0.685. The highest BCUT2D eigenvalue weighted by atomic mass is 19.1. The number of nitrogen functional groups attached to an aromatic ring is 1. The second kappa shape index (κ2) is 7.34. The van der Waals surface area contributed by atoms with Crippen LogP contribution in [0.4, 0.5) is 10.1 Å². The fourth-order valence-corrected chi connectivity index (χ4v) is 2.88. The molecule has 1 aliphatic rings. The summed E-state index contributed by atoms with van der Waals surface area (Å²) in [6.07, 6.45) is 0.828. The molecule has 1 heterocycles. The lowest BCUT2D eigenvalue weighted by atomic mass is 10.1. The van der Waals surface area contributed by atoms with Gasteiger partial charge in [0.1, 0.15) is 5.82 Å². The normalized spacial score (nSPS) is 15.0. The van der Waals surface area contributed by atoms with Crippen molar-refractivity contribution >= 4 is 17.6 Å². The van der Waals surface area contributed by atoms with Crippen molar-refractivity contribution < 1.29 is 18.7 Å². The van der Waals surface area contributed by atoms with E-state index in [2.05, 4.69) is 0 Å². The minimum Gasteiger partial charge on any atom is -0.444 e. The number of benzene rings is 2. The maximum Gasteiger partial charge on any atom is 0.341 e. The minimum atomic E-state index is -1.05. The Balaban J connectivity index is 1.86. The van der Waals surface area contributed by atoms with Crippen LogP contribution >= 0.6 is 0 Å². The number of anilines is 1. The van der Waals surface area contributed by atoms with Crippen LogP contribution in [0.5, 0.6) is 0 Å². The molecule has 1 aliphatic heterocycles. The van der Waals surface area contributed by atoms with Crippen molar-refractivity contribution in [3.63, 3.8) is 0 Å². The summed E-state index contributed by atoms with van der Waals surface area (Å²) in [5.74, 6) is -1.54. The molecule has 1 amide bonds. The number of carbonyl (C=O) groups excluding carboxylic acids is 2. The van der Waals surface area contributed by atoms with Crippen LogP contribution < -0.4 is 5.73 Å². The van der Waals surface area contributed by atoms with Crippen LogP contribution in [0, 0.1) is 5.82 Å². The van der Waals surface area contributed by atoms with Crippen molar-refractivity contribution in [1.82, 2.24) is 4.90 Å². The summed E-state index contributed by atoms with van der Waals surface area (Å²) >= 11 is 0. The van der Waals surface area contributed by atoms with Gasteiger partial charge in [-0.3, -0.25) is 4.79 Å². The van der Waals surface area contributed by atoms with Gasteiger partial charge in [0.25, 0.3) is 5.91 Å². The molecule has 3 rings (SSSR count). The number of nitrogens with zero attached hydrogens (tertiary/aromatic N) is 1. The van der Waals surface area contributed by atoms with E-state index in [0.717, 1.165) is 25.0 Å². The summed E-state index contributed by atoms with van der Waals surface area (Å²) in [6, 6.07) is 12.3. The average Bonchev–Trinajstić information content (AvgIpc) is 3.14. The van der Waals surface area contributed by atoms with Crippen LogP contribution in [0.15, 0.2) is 48.5 Å². The first-order valence-electron chi connectivity index (χ1n) is 8.16. The Morgan fingerprint density at radius 1 is 1.08 bits per heavy atom. The van der Waals surface area contributed by atoms with Crippen molar-refractivity contribution in [1.29, 1.82) is 0 Å². The number of carbonyl (C=O) groups is 2. The number of hydrogen-bond donors (Lipinski definition) is 1. The van der Waals surface area contributed by atoms with Crippen LogP contribution in [0.25, 0.3) is 0 Å². The second-order valence-corrected chi connectivity index (χ2v) is 5.96. The number of halogens is 1. The molecule has 0 aromatic heterocycles. The van der Waals surface area contributed by atoms with E-state index < -0.39 is 17.9 Å². The third-order valence-corrected chi connectivity index (χ3v) is 4.20. The summed E-state index contributed by atoms with van der Waals surface area (Å²) in [6.45, 7) is 1.30. The zero-order valence-electron chi connectivity index (χ0n) is 13.7. The van der Waals surface area contributed by atoms with Gasteiger partial charge in [0, 0.05) is 24.3 Å². The minimum absolute atomic E-state index is 0.0227. The molecule has 2 aromatic rings. The van der Waals surface area contributed by atoms with E-state index in [9.17, 15) is 14.0 Å². The van der Waals surface area contributed by atoms with Gasteiger partial charge in [0.2, 0.25) is 6.10 Å². The molecule has 6 heteroatoms. The number of hydrogen-bond acceptors (Lipinski definition) is 4. The van der Waals surface area contributed by atoms with Gasteiger partial charge in [-0.15, -0.1) is 0 Å². The van der Waals surface area contributed by atoms with E-state index in [4.69, 9.17) is 10.5 Å². The van der Waals surface area contributed by atoms with Gasteiger partial charge < -0.3 is 15.4 Å². The molecule has 2 N–H and O–H groups in total. The van der Waals surface area contributed by atoms with Crippen molar-refractivity contribution in [3.05, 3.63) is 65.5 Å². The first kappa shape index (κ1) is 17.0. The van der Waals surface area contributed by atoms with Crippen LogP contribution in [-0.2, 0) is 9.53 Å². The molecule has 0 spiro atoms. The number of esters is 1. The van der Waals surface area contributed by atoms with Crippen LogP contribution in [0.1, 0.15) is 34.9 Å². The number of ether oxygens (including phenoxy) is 1. The van der Waals surface area contributed by atoms with E-state index in [1.165, 1.54) is 6.07 Å². The highest BCUT2D eigenvalue weighted by molar-refractivity contribution is 5.97. The predicted molar refractivity (Wildman–Crippen MR) is 91.2 cm³/mol. The number of amides is 1. The van der Waals surface area contributed by atoms with Crippen LogP contribution in [-0.4, -0.2) is 29.9 Å². The second-order valence-electron chi connectivity index (χ2n) is 5.96. The first-order chi connectivity index (χ1) is 12.1. The Labute approximate surface area is 145 Å². The van der Waals surface area contributed by atoms with Gasteiger partial charge in [-0.25, -0.2) is 9.18 Å². The predicted octanol–water partition coefficient (Wildman–Crippen LogP) is 2.93. The number of nitrogens with two attached hydrogens (primary N) is 1. The van der Waals surface area contributed by atoms with Crippen molar-refractivity contribution in [2.75, 3.05) is 18.8 Å². The van der Waals surface area contributed by atoms with Gasteiger partial charge in [-0.05, 0) is 31.0 Å². The van der Waals surface area contributed by atoms with Gasteiger partial charge in [0.15, 0.2) is 0 Å². The number of rotatable bonds is 4. The fraction of sp³-hybridized carbons (Fsp3) is 0.263. The molecule has 130 valence electrons. The zero-order chi connectivity index (χ0) is 17.8. The van der Waals surface area contributed by atoms with Crippen LogP contribution in [0.2, 0.25) is 0 Å². The molecule has 0 radical (unpaired) electrons. The highest BCUT2D eigenvalue weighted by Crippen LogP contribution is 2.25. The number of likely N-dealkylation sites (tertiary alicyclic amines) is 1.